The molecular weight excluding hydrogens is 1090 g/mol. The molecule has 8 heteroatoms. The van der Waals surface area contributed by atoms with Crippen LogP contribution in [-0.2, 0) is 36.4 Å². The van der Waals surface area contributed by atoms with E-state index >= 15 is 0 Å². The summed E-state index contributed by atoms with van der Waals surface area (Å²) in [7, 11) is 0. The van der Waals surface area contributed by atoms with Crippen molar-refractivity contribution in [2.75, 3.05) is 0 Å². The number of hydrogen-bond acceptors (Lipinski definition) is 4. The van der Waals surface area contributed by atoms with Crippen LogP contribution in [0.4, 0.5) is 4.39 Å². The average molecular weight is 1150 g/mol. The zero-order chi connectivity index (χ0) is 50.9. The monoisotopic (exact) mass is 1150 g/mol. The van der Waals surface area contributed by atoms with Crippen LogP contribution in [0.5, 0.6) is 11.5 Å². The van der Waals surface area contributed by atoms with E-state index < -0.39 is 0 Å². The third-order valence-electron chi connectivity index (χ3n) is 15.1. The number of aromatic nitrogens is 3. The van der Waals surface area contributed by atoms with Crippen LogP contribution in [0.2, 0.25) is 0 Å². The van der Waals surface area contributed by atoms with Crippen LogP contribution in [0.1, 0.15) is 90.1 Å². The molecule has 369 valence electrons. The van der Waals surface area contributed by atoms with Gasteiger partial charge in [0.2, 0.25) is 0 Å². The molecule has 2 aliphatic rings. The van der Waals surface area contributed by atoms with Crippen molar-refractivity contribution in [3.63, 3.8) is 0 Å². The number of furan rings is 1. The number of hydrogen-bond donors (Lipinski definition) is 0. The molecule has 0 aliphatic carbocycles. The molecule has 5 nitrogen and oxygen atoms in total. The van der Waals surface area contributed by atoms with E-state index in [1.807, 2.05) is 56.6 Å². The molecule has 0 bridgehead atoms. The number of aryl methyl sites for hydroxylation is 2. The van der Waals surface area contributed by atoms with Gasteiger partial charge < -0.3 is 23.7 Å². The van der Waals surface area contributed by atoms with Gasteiger partial charge in [-0.25, -0.2) is 0 Å². The minimum absolute atomic E-state index is 0. The largest absolute Gasteiger partial charge is 0.500 e. The maximum Gasteiger partial charge on any atom is 0.256 e. The first-order valence-electron chi connectivity index (χ1n) is 25.3. The maximum atomic E-state index is 12.7. The molecule has 1 radical (unpaired) electrons. The van der Waals surface area contributed by atoms with E-state index in [0.717, 1.165) is 78.3 Å². The molecular formula is C66H57BFIrN3O2-2. The second kappa shape index (κ2) is 17.8. The van der Waals surface area contributed by atoms with Crippen LogP contribution in [0, 0.1) is 31.8 Å². The molecule has 2 aliphatic heterocycles. The molecule has 0 N–H and O–H groups in total. The minimum Gasteiger partial charge on any atom is -0.500 e. The standard InChI is InChI=1S/C53H46BN2O2.C13H11FN.Ir/c1-51(2,3)31-19-21-43-38(26-31)39-27-33(53(7,8)9)29-41-48(39)56(43)44-24-30(25-46-47(44)54(41)40-28-32(52(4,5)6)20-22-45(40)57-46)34-14-12-15-35-36-16-13-17-37(50(36)58-49(34)35)42-18-10-11-23-55-42;1-9-7-13(15-8-10(9)2)11-3-5-12(14)6-4-11;/h10-16,18-29H,1-9H3;3,5-8H,1-2H3;/q2*-1;. The summed E-state index contributed by atoms with van der Waals surface area (Å²) in [5.74, 6) is 1.53. The van der Waals surface area contributed by atoms with Crippen molar-refractivity contribution in [3.05, 3.63) is 192 Å². The van der Waals surface area contributed by atoms with Crippen molar-refractivity contribution in [1.29, 1.82) is 0 Å². The summed E-state index contributed by atoms with van der Waals surface area (Å²) in [6, 6.07) is 52.8. The maximum absolute atomic E-state index is 12.7. The smallest absolute Gasteiger partial charge is 0.256 e. The number of benzene rings is 7. The van der Waals surface area contributed by atoms with Crippen molar-refractivity contribution < 1.29 is 33.6 Å². The fraction of sp³-hybridized carbons (Fsp3) is 0.212. The Labute approximate surface area is 447 Å². The van der Waals surface area contributed by atoms with Crippen LogP contribution >= 0.6 is 0 Å². The number of rotatable bonds is 3. The summed E-state index contributed by atoms with van der Waals surface area (Å²) in [4.78, 5) is 8.94. The zero-order valence-corrected chi connectivity index (χ0v) is 46.2. The second-order valence-corrected chi connectivity index (χ2v) is 23.1. The van der Waals surface area contributed by atoms with Gasteiger partial charge in [0.1, 0.15) is 17.1 Å². The average Bonchev–Trinajstić information content (AvgIpc) is 3.92. The van der Waals surface area contributed by atoms with Gasteiger partial charge in [-0.1, -0.05) is 139 Å². The quantitative estimate of drug-likeness (QED) is 0.131. The number of fused-ring (bicyclic) bond motifs is 10. The minimum atomic E-state index is -0.275. The summed E-state index contributed by atoms with van der Waals surface area (Å²) in [5, 5.41) is 4.70. The molecule has 11 aromatic rings. The van der Waals surface area contributed by atoms with Gasteiger partial charge in [0.15, 0.2) is 0 Å². The van der Waals surface area contributed by atoms with Gasteiger partial charge in [-0.2, -0.15) is 0 Å². The number of nitrogens with zero attached hydrogens (tertiary/aromatic N) is 3. The van der Waals surface area contributed by atoms with E-state index in [0.29, 0.717) is 0 Å². The molecule has 0 saturated carbocycles. The first-order valence-corrected chi connectivity index (χ1v) is 25.3. The Balaban J connectivity index is 0.000000316. The number of halogens is 1. The van der Waals surface area contributed by atoms with E-state index in [1.54, 1.807) is 6.07 Å². The van der Waals surface area contributed by atoms with Crippen LogP contribution < -0.4 is 21.1 Å². The van der Waals surface area contributed by atoms with Gasteiger partial charge in [0.25, 0.3) is 6.71 Å². The predicted molar refractivity (Wildman–Crippen MR) is 301 cm³/mol. The second-order valence-electron chi connectivity index (χ2n) is 23.1. The Kier molecular flexibility index (Phi) is 11.8. The summed E-state index contributed by atoms with van der Waals surface area (Å²) in [5.41, 5.74) is 20.7. The number of ether oxygens (including phenoxy) is 1. The Morgan fingerprint density at radius 3 is 2.04 bits per heavy atom. The molecule has 0 amide bonds. The number of para-hydroxylation sites is 1. The molecule has 0 atom stereocenters. The van der Waals surface area contributed by atoms with Crippen molar-refractivity contribution in [2.45, 2.75) is 92.4 Å². The molecule has 0 unspecified atom stereocenters. The van der Waals surface area contributed by atoms with E-state index in [-0.39, 0.29) is 48.9 Å². The molecule has 4 aromatic heterocycles. The molecule has 6 heterocycles. The molecule has 0 saturated heterocycles. The van der Waals surface area contributed by atoms with Gasteiger partial charge in [0.05, 0.1) is 11.1 Å². The Morgan fingerprint density at radius 2 is 1.32 bits per heavy atom. The summed E-state index contributed by atoms with van der Waals surface area (Å²) >= 11 is 0. The van der Waals surface area contributed by atoms with E-state index in [9.17, 15) is 4.39 Å². The summed E-state index contributed by atoms with van der Waals surface area (Å²) < 4.78 is 29.3. The Bertz CT molecular complexity index is 4040. The van der Waals surface area contributed by atoms with E-state index in [2.05, 4.69) is 174 Å². The van der Waals surface area contributed by atoms with Crippen LogP contribution in [0.3, 0.4) is 0 Å². The fourth-order valence-electron chi connectivity index (χ4n) is 10.8. The first kappa shape index (κ1) is 49.1. The van der Waals surface area contributed by atoms with Crippen LogP contribution in [0.15, 0.2) is 150 Å². The van der Waals surface area contributed by atoms with Crippen molar-refractivity contribution >= 4 is 66.8 Å². The van der Waals surface area contributed by atoms with Crippen molar-refractivity contribution in [2.24, 2.45) is 0 Å². The zero-order valence-electron chi connectivity index (χ0n) is 43.8. The van der Waals surface area contributed by atoms with Gasteiger partial charge in [-0.15, -0.1) is 48.0 Å². The van der Waals surface area contributed by atoms with E-state index in [4.69, 9.17) is 9.15 Å². The molecule has 0 fully saturated rings. The first-order chi connectivity index (χ1) is 34.8. The summed E-state index contributed by atoms with van der Waals surface area (Å²) in [6.45, 7) is 24.8. The topological polar surface area (TPSA) is 53.1 Å². The molecule has 7 aromatic carbocycles. The molecule has 0 spiro atoms. The SMILES string of the molecule is CC(C)(C)c1ccc2c(c1)B1c3c(cc(-c4cccc5c4oc4c(-c6ccccn6)[c-]ccc45)cc3-n3c4ccc(C(C)(C)C)cc4c4cc(C(C)(C)C)cc1c43)O2.Cc1cnc(-c2[c-]cc(F)cc2)cc1C.[Ir]. The van der Waals surface area contributed by atoms with Crippen molar-refractivity contribution in [1.82, 2.24) is 14.5 Å². The predicted octanol–water partition coefficient (Wildman–Crippen LogP) is 15.3. The van der Waals surface area contributed by atoms with Crippen molar-refractivity contribution in [3.8, 4) is 50.8 Å². The van der Waals surface area contributed by atoms with Gasteiger partial charge in [-0.05, 0) is 128 Å². The molecule has 74 heavy (non-hydrogen) atoms. The number of pyridine rings is 2. The third kappa shape index (κ3) is 8.18. The van der Waals surface area contributed by atoms with Gasteiger partial charge >= 0.3 is 0 Å². The van der Waals surface area contributed by atoms with Crippen LogP contribution in [-0.4, -0.2) is 21.2 Å². The Morgan fingerprint density at radius 1 is 0.595 bits per heavy atom. The van der Waals surface area contributed by atoms with Gasteiger partial charge in [0, 0.05) is 71.2 Å². The Hall–Kier alpha value is -7.12. The van der Waals surface area contributed by atoms with E-state index in [1.165, 1.54) is 72.6 Å². The third-order valence-corrected chi connectivity index (χ3v) is 15.1. The molecule has 13 rings (SSSR count). The normalized spacial score (nSPS) is 12.8. The fourth-order valence-corrected chi connectivity index (χ4v) is 10.8. The summed E-state index contributed by atoms with van der Waals surface area (Å²) in [6.07, 6.45) is 3.64. The van der Waals surface area contributed by atoms with Crippen LogP contribution in [0.25, 0.3) is 83.1 Å². The van der Waals surface area contributed by atoms with Gasteiger partial charge in [-0.3, -0.25) is 4.39 Å².